The van der Waals surface area contributed by atoms with Crippen LogP contribution in [0.4, 0.5) is 0 Å². The lowest BCUT2D eigenvalue weighted by Crippen LogP contribution is -2.40. The second kappa shape index (κ2) is 9.64. The lowest BCUT2D eigenvalue weighted by molar-refractivity contribution is 0.280. The van der Waals surface area contributed by atoms with Gasteiger partial charge in [-0.15, -0.1) is 17.5 Å². The van der Waals surface area contributed by atoms with Gasteiger partial charge >= 0.3 is 0 Å². The fourth-order valence-corrected chi connectivity index (χ4v) is 2.44. The van der Waals surface area contributed by atoms with E-state index >= 15 is 0 Å². The zero-order valence-corrected chi connectivity index (χ0v) is 14.9. The summed E-state index contributed by atoms with van der Waals surface area (Å²) in [7, 11) is -1.55. The summed E-state index contributed by atoms with van der Waals surface area (Å²) < 4.78 is 6.12. The topological polar surface area (TPSA) is 9.23 Å². The standard InChI is InChI=1S/C16H29ClOSi/c1-16(2,3)19(4,5)18-15-13-11-9-7-6-8-10-12-14-17/h10,12H,8-9,11,13-15H2,1-5H3/b12-10-. The van der Waals surface area contributed by atoms with E-state index in [4.69, 9.17) is 16.0 Å². The van der Waals surface area contributed by atoms with E-state index in [1.54, 1.807) is 0 Å². The summed E-state index contributed by atoms with van der Waals surface area (Å²) in [6, 6.07) is 0. The molecular formula is C16H29ClOSi. The molecule has 1 nitrogen and oxygen atoms in total. The Kier molecular flexibility index (Phi) is 9.52. The minimum atomic E-state index is -1.55. The van der Waals surface area contributed by atoms with Gasteiger partial charge in [-0.1, -0.05) is 38.8 Å². The van der Waals surface area contributed by atoms with Gasteiger partial charge in [0.25, 0.3) is 0 Å². The summed E-state index contributed by atoms with van der Waals surface area (Å²) >= 11 is 5.52. The van der Waals surface area contributed by atoms with Crippen LogP contribution >= 0.6 is 11.6 Å². The third-order valence-electron chi connectivity index (χ3n) is 3.57. The smallest absolute Gasteiger partial charge is 0.191 e. The zero-order chi connectivity index (χ0) is 14.8. The normalized spacial score (nSPS) is 12.5. The molecule has 0 unspecified atom stereocenters. The second-order valence-corrected chi connectivity index (χ2v) is 11.4. The number of halogens is 1. The van der Waals surface area contributed by atoms with E-state index < -0.39 is 8.32 Å². The molecule has 0 heterocycles. The molecule has 0 atom stereocenters. The van der Waals surface area contributed by atoms with Crippen LogP contribution in [0.1, 0.15) is 46.5 Å². The number of hydrogen-bond acceptors (Lipinski definition) is 1. The molecule has 0 rings (SSSR count). The molecule has 0 aromatic heterocycles. The van der Waals surface area contributed by atoms with Gasteiger partial charge in [-0.2, -0.15) is 0 Å². The summed E-state index contributed by atoms with van der Waals surface area (Å²) in [5, 5.41) is 0.307. The first-order valence-electron chi connectivity index (χ1n) is 7.12. The average molecular weight is 301 g/mol. The Morgan fingerprint density at radius 3 is 2.37 bits per heavy atom. The molecular weight excluding hydrogens is 272 g/mol. The third-order valence-corrected chi connectivity index (χ3v) is 8.28. The van der Waals surface area contributed by atoms with Crippen molar-refractivity contribution in [2.75, 3.05) is 12.5 Å². The number of rotatable bonds is 7. The predicted octanol–water partition coefficient (Wildman–Crippen LogP) is 5.37. The predicted molar refractivity (Wildman–Crippen MR) is 89.3 cm³/mol. The maximum atomic E-state index is 6.12. The van der Waals surface area contributed by atoms with Gasteiger partial charge in [0.2, 0.25) is 0 Å². The van der Waals surface area contributed by atoms with E-state index in [-0.39, 0.29) is 0 Å². The van der Waals surface area contributed by atoms with Gasteiger partial charge in [0.1, 0.15) is 0 Å². The molecule has 0 bridgehead atoms. The minimum Gasteiger partial charge on any atom is -0.417 e. The molecule has 0 aromatic carbocycles. The van der Waals surface area contributed by atoms with Crippen molar-refractivity contribution in [1.82, 2.24) is 0 Å². The monoisotopic (exact) mass is 300 g/mol. The van der Waals surface area contributed by atoms with Crippen LogP contribution in [0, 0.1) is 11.8 Å². The molecule has 0 aliphatic rings. The summed E-state index contributed by atoms with van der Waals surface area (Å²) in [6.45, 7) is 12.3. The minimum absolute atomic E-state index is 0.307. The first-order valence-corrected chi connectivity index (χ1v) is 10.6. The Morgan fingerprint density at radius 1 is 1.11 bits per heavy atom. The van der Waals surface area contributed by atoms with E-state index in [1.807, 2.05) is 12.2 Å². The van der Waals surface area contributed by atoms with Crippen LogP contribution in [0.25, 0.3) is 0 Å². The highest BCUT2D eigenvalue weighted by molar-refractivity contribution is 6.74. The Labute approximate surface area is 125 Å². The lowest BCUT2D eigenvalue weighted by Gasteiger charge is -2.36. The van der Waals surface area contributed by atoms with Gasteiger partial charge < -0.3 is 4.43 Å². The summed E-state index contributed by atoms with van der Waals surface area (Å²) in [6.07, 6.45) is 7.96. The van der Waals surface area contributed by atoms with Crippen LogP contribution in [-0.2, 0) is 4.43 Å². The molecule has 0 amide bonds. The Morgan fingerprint density at radius 2 is 1.79 bits per heavy atom. The Hall–Kier alpha value is -0.233. The third kappa shape index (κ3) is 9.32. The van der Waals surface area contributed by atoms with E-state index in [2.05, 4.69) is 45.7 Å². The fourth-order valence-electron chi connectivity index (χ4n) is 1.23. The molecule has 0 aromatic rings. The highest BCUT2D eigenvalue weighted by Gasteiger charge is 2.36. The number of allylic oxidation sites excluding steroid dienone is 2. The lowest BCUT2D eigenvalue weighted by atomic mass is 10.2. The maximum Gasteiger partial charge on any atom is 0.191 e. The summed E-state index contributed by atoms with van der Waals surface area (Å²) in [4.78, 5) is 0. The van der Waals surface area contributed by atoms with Gasteiger partial charge in [0.05, 0.1) is 0 Å². The van der Waals surface area contributed by atoms with Gasteiger partial charge in [-0.05, 0) is 31.0 Å². The summed E-state index contributed by atoms with van der Waals surface area (Å²) in [5.41, 5.74) is 0. The van der Waals surface area contributed by atoms with Gasteiger partial charge in [0, 0.05) is 25.3 Å². The molecule has 3 heteroatoms. The van der Waals surface area contributed by atoms with Gasteiger partial charge in [0.15, 0.2) is 8.32 Å². The molecule has 0 fully saturated rings. The molecule has 0 saturated carbocycles. The first kappa shape index (κ1) is 18.8. The Bertz CT molecular complexity index is 318. The second-order valence-electron chi connectivity index (χ2n) is 6.25. The molecule has 0 saturated heterocycles. The highest BCUT2D eigenvalue weighted by Crippen LogP contribution is 2.36. The van der Waals surface area contributed by atoms with E-state index in [9.17, 15) is 0 Å². The molecule has 110 valence electrons. The van der Waals surface area contributed by atoms with Crippen molar-refractivity contribution < 1.29 is 4.43 Å². The Balaban J connectivity index is 3.64. The van der Waals surface area contributed by atoms with Crippen molar-refractivity contribution in [3.8, 4) is 11.8 Å². The van der Waals surface area contributed by atoms with Crippen molar-refractivity contribution in [2.24, 2.45) is 0 Å². The van der Waals surface area contributed by atoms with Crippen molar-refractivity contribution in [2.45, 2.75) is 64.6 Å². The molecule has 0 aliphatic carbocycles. The number of alkyl halides is 1. The molecule has 0 radical (unpaired) electrons. The van der Waals surface area contributed by atoms with E-state index in [1.165, 1.54) is 0 Å². The fraction of sp³-hybridized carbons (Fsp3) is 0.750. The quantitative estimate of drug-likeness (QED) is 0.202. The number of hydrogen-bond donors (Lipinski definition) is 0. The van der Waals surface area contributed by atoms with Crippen molar-refractivity contribution >= 4 is 19.9 Å². The molecule has 19 heavy (non-hydrogen) atoms. The molecule has 0 aliphatic heterocycles. The van der Waals surface area contributed by atoms with Crippen LogP contribution in [-0.4, -0.2) is 20.8 Å². The van der Waals surface area contributed by atoms with Crippen LogP contribution in [0.3, 0.4) is 0 Å². The number of unbranched alkanes of at least 4 members (excludes halogenated alkanes) is 2. The van der Waals surface area contributed by atoms with Crippen LogP contribution < -0.4 is 0 Å². The largest absolute Gasteiger partial charge is 0.417 e. The van der Waals surface area contributed by atoms with E-state index in [0.717, 1.165) is 32.3 Å². The first-order chi connectivity index (χ1) is 8.81. The van der Waals surface area contributed by atoms with Crippen LogP contribution in [0.15, 0.2) is 12.2 Å². The maximum absolute atomic E-state index is 6.12. The highest BCUT2D eigenvalue weighted by atomic mass is 35.5. The zero-order valence-electron chi connectivity index (χ0n) is 13.2. The van der Waals surface area contributed by atoms with E-state index in [0.29, 0.717) is 10.9 Å². The van der Waals surface area contributed by atoms with Crippen LogP contribution in [0.5, 0.6) is 0 Å². The van der Waals surface area contributed by atoms with Crippen molar-refractivity contribution in [1.29, 1.82) is 0 Å². The van der Waals surface area contributed by atoms with Gasteiger partial charge in [-0.3, -0.25) is 0 Å². The SMILES string of the molecule is CC(C)(C)[Si](C)(C)OCCCCC#CC/C=C\CCl. The molecule has 0 spiro atoms. The van der Waals surface area contributed by atoms with Crippen LogP contribution in [0.2, 0.25) is 18.1 Å². The van der Waals surface area contributed by atoms with Gasteiger partial charge in [-0.25, -0.2) is 0 Å². The average Bonchev–Trinajstić information content (AvgIpc) is 2.30. The van der Waals surface area contributed by atoms with Crippen molar-refractivity contribution in [3.63, 3.8) is 0 Å². The molecule has 0 N–H and O–H groups in total. The van der Waals surface area contributed by atoms with Crippen molar-refractivity contribution in [3.05, 3.63) is 12.2 Å². The summed E-state index contributed by atoms with van der Waals surface area (Å²) in [5.74, 6) is 6.88.